The molecule has 0 spiro atoms. The van der Waals surface area contributed by atoms with Crippen molar-refractivity contribution in [2.24, 2.45) is 0 Å². The van der Waals surface area contributed by atoms with Gasteiger partial charge in [-0.1, -0.05) is 18.2 Å². The monoisotopic (exact) mass is 379 g/mol. The van der Waals surface area contributed by atoms with E-state index in [4.69, 9.17) is 0 Å². The van der Waals surface area contributed by atoms with Gasteiger partial charge < -0.3 is 10.6 Å². The lowest BCUT2D eigenvalue weighted by atomic mass is 10.1. The Morgan fingerprint density at radius 3 is 2.50 bits per heavy atom. The molecule has 2 amide bonds. The van der Waals surface area contributed by atoms with E-state index in [0.29, 0.717) is 16.9 Å². The standard InChI is InChI=1S/C19H17N5O4/c1-20-18(25)12-13-4-2-3-5-16(13)21-19(26)17-10-11-23(22-17)14-6-8-15(9-7-14)24(27)28/h2-11H,12H2,1H3,(H,20,25)(H,21,26). The Balaban J connectivity index is 1.76. The Bertz CT molecular complexity index is 1030. The molecule has 0 aliphatic carbocycles. The number of carbonyl (C=O) groups excluding carboxylic acids is 2. The van der Waals surface area contributed by atoms with Gasteiger partial charge >= 0.3 is 0 Å². The van der Waals surface area contributed by atoms with E-state index in [1.807, 2.05) is 0 Å². The van der Waals surface area contributed by atoms with Crippen LogP contribution < -0.4 is 10.6 Å². The highest BCUT2D eigenvalue weighted by Gasteiger charge is 2.14. The Morgan fingerprint density at radius 2 is 1.82 bits per heavy atom. The second kappa shape index (κ2) is 8.12. The molecule has 0 unspecified atom stereocenters. The fourth-order valence-corrected chi connectivity index (χ4v) is 2.56. The number of likely N-dealkylation sites (N-methyl/N-ethyl adjacent to an activating group) is 1. The van der Waals surface area contributed by atoms with E-state index in [0.717, 1.165) is 0 Å². The molecule has 0 saturated carbocycles. The van der Waals surface area contributed by atoms with Crippen molar-refractivity contribution in [3.8, 4) is 5.69 Å². The molecule has 0 radical (unpaired) electrons. The maximum atomic E-state index is 12.5. The number of amides is 2. The van der Waals surface area contributed by atoms with Crippen LogP contribution in [0.15, 0.2) is 60.8 Å². The third-order valence-corrected chi connectivity index (χ3v) is 4.04. The first-order valence-electron chi connectivity index (χ1n) is 8.38. The van der Waals surface area contributed by atoms with Crippen LogP contribution in [0.2, 0.25) is 0 Å². The number of para-hydroxylation sites is 1. The third-order valence-electron chi connectivity index (χ3n) is 4.04. The smallest absolute Gasteiger partial charge is 0.276 e. The van der Waals surface area contributed by atoms with Crippen molar-refractivity contribution in [3.05, 3.63) is 82.2 Å². The number of nitrogens with zero attached hydrogens (tertiary/aromatic N) is 3. The number of nitro groups is 1. The van der Waals surface area contributed by atoms with Gasteiger partial charge in [0.1, 0.15) is 0 Å². The van der Waals surface area contributed by atoms with Crippen molar-refractivity contribution in [1.82, 2.24) is 15.1 Å². The van der Waals surface area contributed by atoms with Gasteiger partial charge in [0, 0.05) is 31.1 Å². The van der Waals surface area contributed by atoms with Crippen molar-refractivity contribution in [3.63, 3.8) is 0 Å². The molecular weight excluding hydrogens is 362 g/mol. The molecule has 3 aromatic rings. The molecule has 142 valence electrons. The van der Waals surface area contributed by atoms with Gasteiger partial charge in [0.25, 0.3) is 11.6 Å². The van der Waals surface area contributed by atoms with Crippen LogP contribution in [0.3, 0.4) is 0 Å². The maximum Gasteiger partial charge on any atom is 0.276 e. The zero-order chi connectivity index (χ0) is 20.1. The van der Waals surface area contributed by atoms with Gasteiger partial charge in [-0.25, -0.2) is 4.68 Å². The molecule has 28 heavy (non-hydrogen) atoms. The second-order valence-corrected chi connectivity index (χ2v) is 5.88. The summed E-state index contributed by atoms with van der Waals surface area (Å²) < 4.78 is 1.45. The number of hydrogen-bond donors (Lipinski definition) is 2. The van der Waals surface area contributed by atoms with Crippen molar-refractivity contribution < 1.29 is 14.5 Å². The first kappa shape index (κ1) is 18.8. The molecule has 0 saturated heterocycles. The zero-order valence-electron chi connectivity index (χ0n) is 15.0. The molecule has 9 nitrogen and oxygen atoms in total. The number of carbonyl (C=O) groups is 2. The van der Waals surface area contributed by atoms with E-state index in [2.05, 4.69) is 15.7 Å². The minimum absolute atomic E-state index is 0.0263. The SMILES string of the molecule is CNC(=O)Cc1ccccc1NC(=O)c1ccn(-c2ccc([N+](=O)[O-])cc2)n1. The number of non-ortho nitro benzene ring substituents is 1. The summed E-state index contributed by atoms with van der Waals surface area (Å²) in [4.78, 5) is 34.4. The van der Waals surface area contributed by atoms with E-state index < -0.39 is 10.8 Å². The van der Waals surface area contributed by atoms with Gasteiger partial charge in [0.05, 0.1) is 17.0 Å². The van der Waals surface area contributed by atoms with Crippen molar-refractivity contribution >= 4 is 23.2 Å². The molecule has 1 heterocycles. The average molecular weight is 379 g/mol. The lowest BCUT2D eigenvalue weighted by molar-refractivity contribution is -0.384. The summed E-state index contributed by atoms with van der Waals surface area (Å²) in [5, 5.41) is 20.3. The molecule has 9 heteroatoms. The molecule has 0 bridgehead atoms. The van der Waals surface area contributed by atoms with Gasteiger partial charge in [-0.2, -0.15) is 5.10 Å². The summed E-state index contributed by atoms with van der Waals surface area (Å²) in [5.41, 5.74) is 1.95. The molecule has 2 N–H and O–H groups in total. The number of aromatic nitrogens is 2. The molecule has 0 atom stereocenters. The minimum Gasteiger partial charge on any atom is -0.359 e. The van der Waals surface area contributed by atoms with Crippen molar-refractivity contribution in [2.45, 2.75) is 6.42 Å². The molecule has 0 fully saturated rings. The Labute approximate surface area is 160 Å². The predicted molar refractivity (Wildman–Crippen MR) is 102 cm³/mol. The first-order chi connectivity index (χ1) is 13.5. The van der Waals surface area contributed by atoms with Gasteiger partial charge in [0.15, 0.2) is 5.69 Å². The van der Waals surface area contributed by atoms with Crippen LogP contribution in [0.4, 0.5) is 11.4 Å². The quantitative estimate of drug-likeness (QED) is 0.503. The highest BCUT2D eigenvalue weighted by molar-refractivity contribution is 6.03. The topological polar surface area (TPSA) is 119 Å². The maximum absolute atomic E-state index is 12.5. The van der Waals surface area contributed by atoms with Crippen LogP contribution in [0, 0.1) is 10.1 Å². The van der Waals surface area contributed by atoms with Crippen LogP contribution in [0.1, 0.15) is 16.1 Å². The molecule has 2 aromatic carbocycles. The Morgan fingerprint density at radius 1 is 1.11 bits per heavy atom. The molecule has 3 rings (SSSR count). The highest BCUT2D eigenvalue weighted by atomic mass is 16.6. The summed E-state index contributed by atoms with van der Waals surface area (Å²) >= 11 is 0. The number of nitrogens with one attached hydrogen (secondary N) is 2. The minimum atomic E-state index is -0.484. The molecule has 0 aliphatic heterocycles. The predicted octanol–water partition coefficient (Wildman–Crippen LogP) is 2.32. The first-order valence-corrected chi connectivity index (χ1v) is 8.38. The van der Waals surface area contributed by atoms with Gasteiger partial charge in [-0.15, -0.1) is 0 Å². The van der Waals surface area contributed by atoms with Crippen LogP contribution in [-0.2, 0) is 11.2 Å². The normalized spacial score (nSPS) is 10.3. The van der Waals surface area contributed by atoms with Crippen molar-refractivity contribution in [1.29, 1.82) is 0 Å². The zero-order valence-corrected chi connectivity index (χ0v) is 15.0. The summed E-state index contributed by atoms with van der Waals surface area (Å²) in [5.74, 6) is -0.589. The molecular formula is C19H17N5O4. The molecule has 0 aliphatic rings. The number of rotatable bonds is 6. The lowest BCUT2D eigenvalue weighted by Gasteiger charge is -2.09. The number of benzene rings is 2. The fraction of sp³-hybridized carbons (Fsp3) is 0.105. The van der Waals surface area contributed by atoms with Gasteiger partial charge in [0.2, 0.25) is 5.91 Å². The van der Waals surface area contributed by atoms with E-state index in [-0.39, 0.29) is 23.7 Å². The summed E-state index contributed by atoms with van der Waals surface area (Å²) in [6.07, 6.45) is 1.73. The third kappa shape index (κ3) is 4.21. The van der Waals surface area contributed by atoms with Gasteiger partial charge in [-0.3, -0.25) is 19.7 Å². The number of hydrogen-bond acceptors (Lipinski definition) is 5. The average Bonchev–Trinajstić information content (AvgIpc) is 3.20. The highest BCUT2D eigenvalue weighted by Crippen LogP contribution is 2.18. The summed E-state index contributed by atoms with van der Waals surface area (Å²) in [6.45, 7) is 0. The second-order valence-electron chi connectivity index (χ2n) is 5.88. The largest absolute Gasteiger partial charge is 0.359 e. The van der Waals surface area contributed by atoms with Crippen LogP contribution in [0.5, 0.6) is 0 Å². The Kier molecular flexibility index (Phi) is 5.45. The number of anilines is 1. The number of nitro benzene ring substituents is 1. The van der Waals surface area contributed by atoms with Crippen molar-refractivity contribution in [2.75, 3.05) is 12.4 Å². The Hall–Kier alpha value is -4.01. The van der Waals surface area contributed by atoms with E-state index >= 15 is 0 Å². The summed E-state index contributed by atoms with van der Waals surface area (Å²) in [6, 6.07) is 14.4. The lowest BCUT2D eigenvalue weighted by Crippen LogP contribution is -2.21. The van der Waals surface area contributed by atoms with Crippen LogP contribution in [0.25, 0.3) is 5.69 Å². The van der Waals surface area contributed by atoms with Gasteiger partial charge in [-0.05, 0) is 29.8 Å². The molecule has 1 aromatic heterocycles. The van der Waals surface area contributed by atoms with E-state index in [1.54, 1.807) is 49.6 Å². The van der Waals surface area contributed by atoms with Crippen LogP contribution >= 0.6 is 0 Å². The van der Waals surface area contributed by atoms with E-state index in [1.165, 1.54) is 22.9 Å². The fourth-order valence-electron chi connectivity index (χ4n) is 2.56. The van der Waals surface area contributed by atoms with E-state index in [9.17, 15) is 19.7 Å². The van der Waals surface area contributed by atoms with Crippen LogP contribution in [-0.4, -0.2) is 33.6 Å². The summed E-state index contributed by atoms with van der Waals surface area (Å²) in [7, 11) is 1.55.